The van der Waals surface area contributed by atoms with Crippen molar-refractivity contribution in [2.24, 2.45) is 0 Å². The fourth-order valence-electron chi connectivity index (χ4n) is 4.55. The van der Waals surface area contributed by atoms with Gasteiger partial charge < -0.3 is 9.88 Å². The zero-order chi connectivity index (χ0) is 17.9. The van der Waals surface area contributed by atoms with Crippen LogP contribution in [0.1, 0.15) is 50.5 Å². The monoisotopic (exact) mass is 351 g/mol. The Balaban J connectivity index is 1.35. The van der Waals surface area contributed by atoms with E-state index < -0.39 is 0 Å². The van der Waals surface area contributed by atoms with Gasteiger partial charge in [0.2, 0.25) is 5.91 Å². The molecule has 2 heterocycles. The first-order valence-corrected chi connectivity index (χ1v) is 10.0. The number of likely N-dealkylation sites (tertiary alicyclic amines) is 1. The Morgan fingerprint density at radius 2 is 2.08 bits per heavy atom. The molecule has 1 N–H and O–H groups in total. The molecule has 1 aliphatic carbocycles. The predicted molar refractivity (Wildman–Crippen MR) is 106 cm³/mol. The molecule has 4 nitrogen and oxygen atoms in total. The van der Waals surface area contributed by atoms with Crippen LogP contribution in [0.3, 0.4) is 0 Å². The maximum atomic E-state index is 12.8. The predicted octanol–water partition coefficient (Wildman–Crippen LogP) is 4.26. The summed E-state index contributed by atoms with van der Waals surface area (Å²) < 4.78 is 0. The topological polar surface area (TPSA) is 39.3 Å². The van der Waals surface area contributed by atoms with Gasteiger partial charge in [0.1, 0.15) is 0 Å². The van der Waals surface area contributed by atoms with Crippen molar-refractivity contribution in [3.05, 3.63) is 47.8 Å². The molecular weight excluding hydrogens is 322 g/mol. The van der Waals surface area contributed by atoms with Crippen LogP contribution in [0, 0.1) is 0 Å². The first-order chi connectivity index (χ1) is 12.8. The molecule has 1 aliphatic heterocycles. The van der Waals surface area contributed by atoms with Gasteiger partial charge >= 0.3 is 0 Å². The molecule has 4 heteroatoms. The molecule has 26 heavy (non-hydrogen) atoms. The van der Waals surface area contributed by atoms with Crippen molar-refractivity contribution >= 4 is 16.8 Å². The summed E-state index contributed by atoms with van der Waals surface area (Å²) >= 11 is 0. The molecule has 2 aliphatic rings. The van der Waals surface area contributed by atoms with E-state index in [1.165, 1.54) is 28.6 Å². The second-order valence-electron chi connectivity index (χ2n) is 7.57. The molecule has 1 aromatic heterocycles. The van der Waals surface area contributed by atoms with Crippen LogP contribution in [0.25, 0.3) is 10.9 Å². The Morgan fingerprint density at radius 1 is 1.27 bits per heavy atom. The SMILES string of the molecule is CCN(C(=O)CN1CCC(c2c[nH]c3ccccc23)CC1)C1=CCCC1. The van der Waals surface area contributed by atoms with E-state index in [1.54, 1.807) is 0 Å². The van der Waals surface area contributed by atoms with Gasteiger partial charge in [-0.05, 0) is 69.7 Å². The normalized spacial score (nSPS) is 19.0. The minimum atomic E-state index is 0.270. The van der Waals surface area contributed by atoms with Gasteiger partial charge in [0, 0.05) is 29.3 Å². The number of amides is 1. The second kappa shape index (κ2) is 7.67. The van der Waals surface area contributed by atoms with Gasteiger partial charge in [0.25, 0.3) is 0 Å². The minimum absolute atomic E-state index is 0.270. The molecule has 1 amide bonds. The Hall–Kier alpha value is -2.07. The first-order valence-electron chi connectivity index (χ1n) is 10.0. The van der Waals surface area contributed by atoms with Crippen molar-refractivity contribution < 1.29 is 4.79 Å². The fourth-order valence-corrected chi connectivity index (χ4v) is 4.55. The number of para-hydroxylation sites is 1. The smallest absolute Gasteiger partial charge is 0.240 e. The summed E-state index contributed by atoms with van der Waals surface area (Å²) in [4.78, 5) is 20.5. The van der Waals surface area contributed by atoms with Crippen LogP contribution in [-0.4, -0.2) is 46.9 Å². The van der Waals surface area contributed by atoms with E-state index in [4.69, 9.17) is 0 Å². The molecule has 138 valence electrons. The lowest BCUT2D eigenvalue weighted by Crippen LogP contribution is -2.42. The maximum absolute atomic E-state index is 12.8. The summed E-state index contributed by atoms with van der Waals surface area (Å²) in [6.07, 6.45) is 10.0. The van der Waals surface area contributed by atoms with Crippen LogP contribution >= 0.6 is 0 Å². The van der Waals surface area contributed by atoms with Gasteiger partial charge in [-0.15, -0.1) is 0 Å². The number of hydrogen-bond acceptors (Lipinski definition) is 2. The van der Waals surface area contributed by atoms with Crippen LogP contribution in [-0.2, 0) is 4.79 Å². The average molecular weight is 351 g/mol. The number of piperidine rings is 1. The lowest BCUT2D eigenvalue weighted by atomic mass is 9.89. The number of nitrogens with zero attached hydrogens (tertiary/aromatic N) is 2. The minimum Gasteiger partial charge on any atom is -0.361 e. The molecule has 0 radical (unpaired) electrons. The van der Waals surface area contributed by atoms with E-state index in [9.17, 15) is 4.79 Å². The highest BCUT2D eigenvalue weighted by Gasteiger charge is 2.26. The third kappa shape index (κ3) is 3.43. The zero-order valence-electron chi connectivity index (χ0n) is 15.7. The first kappa shape index (κ1) is 17.3. The van der Waals surface area contributed by atoms with E-state index in [0.717, 1.165) is 45.3 Å². The van der Waals surface area contributed by atoms with E-state index in [-0.39, 0.29) is 5.91 Å². The van der Waals surface area contributed by atoms with Crippen molar-refractivity contribution in [3.8, 4) is 0 Å². The lowest BCUT2D eigenvalue weighted by molar-refractivity contribution is -0.130. The molecule has 2 aromatic rings. The summed E-state index contributed by atoms with van der Waals surface area (Å²) in [7, 11) is 0. The number of carbonyl (C=O) groups excluding carboxylic acids is 1. The number of benzene rings is 1. The number of aromatic nitrogens is 1. The third-order valence-electron chi connectivity index (χ3n) is 5.99. The average Bonchev–Trinajstić information content (AvgIpc) is 3.33. The summed E-state index contributed by atoms with van der Waals surface area (Å²) in [5, 5.41) is 1.35. The number of fused-ring (bicyclic) bond motifs is 1. The van der Waals surface area contributed by atoms with Crippen LogP contribution in [0.4, 0.5) is 0 Å². The number of aromatic amines is 1. The molecule has 1 saturated heterocycles. The molecule has 0 saturated carbocycles. The van der Waals surface area contributed by atoms with Crippen LogP contribution < -0.4 is 0 Å². The number of allylic oxidation sites excluding steroid dienone is 2. The van der Waals surface area contributed by atoms with Crippen LogP contribution in [0.5, 0.6) is 0 Å². The number of hydrogen-bond donors (Lipinski definition) is 1. The quantitative estimate of drug-likeness (QED) is 0.874. The highest BCUT2D eigenvalue weighted by Crippen LogP contribution is 2.33. The molecule has 0 unspecified atom stereocenters. The van der Waals surface area contributed by atoms with Gasteiger partial charge in [-0.1, -0.05) is 24.3 Å². The molecule has 0 atom stereocenters. The third-order valence-corrected chi connectivity index (χ3v) is 5.99. The fraction of sp³-hybridized carbons (Fsp3) is 0.500. The van der Waals surface area contributed by atoms with E-state index in [0.29, 0.717) is 12.5 Å². The van der Waals surface area contributed by atoms with Crippen molar-refractivity contribution in [2.75, 3.05) is 26.2 Å². The van der Waals surface area contributed by atoms with Crippen molar-refractivity contribution in [2.45, 2.75) is 44.9 Å². The Kier molecular flexibility index (Phi) is 5.11. The number of carbonyl (C=O) groups is 1. The number of likely N-dealkylation sites (N-methyl/N-ethyl adjacent to an activating group) is 1. The highest BCUT2D eigenvalue weighted by atomic mass is 16.2. The molecular formula is C22H29N3O. The Labute approximate surface area is 155 Å². The number of rotatable bonds is 5. The van der Waals surface area contributed by atoms with Gasteiger partial charge in [-0.25, -0.2) is 0 Å². The number of nitrogens with one attached hydrogen (secondary N) is 1. The Morgan fingerprint density at radius 3 is 2.81 bits per heavy atom. The Bertz CT molecular complexity index is 799. The van der Waals surface area contributed by atoms with Gasteiger partial charge in [0.15, 0.2) is 0 Å². The van der Waals surface area contributed by atoms with Crippen LogP contribution in [0.2, 0.25) is 0 Å². The summed E-state index contributed by atoms with van der Waals surface area (Å²) in [5.74, 6) is 0.864. The standard InChI is InChI=1S/C22H29N3O/c1-2-25(18-7-3-4-8-18)22(26)16-24-13-11-17(12-14-24)20-15-23-21-10-6-5-9-19(20)21/h5-7,9-10,15,17,23H,2-4,8,11-14,16H2,1H3. The summed E-state index contributed by atoms with van der Waals surface area (Å²) in [6, 6.07) is 8.55. The van der Waals surface area contributed by atoms with E-state index in [2.05, 4.69) is 53.3 Å². The van der Waals surface area contributed by atoms with Crippen molar-refractivity contribution in [1.82, 2.24) is 14.8 Å². The summed E-state index contributed by atoms with van der Waals surface area (Å²) in [6.45, 7) is 5.45. The largest absolute Gasteiger partial charge is 0.361 e. The van der Waals surface area contributed by atoms with Crippen molar-refractivity contribution in [1.29, 1.82) is 0 Å². The molecule has 1 fully saturated rings. The molecule has 1 aromatic carbocycles. The molecule has 0 bridgehead atoms. The van der Waals surface area contributed by atoms with E-state index >= 15 is 0 Å². The van der Waals surface area contributed by atoms with Crippen molar-refractivity contribution in [3.63, 3.8) is 0 Å². The molecule has 0 spiro atoms. The van der Waals surface area contributed by atoms with Gasteiger partial charge in [-0.3, -0.25) is 9.69 Å². The summed E-state index contributed by atoms with van der Waals surface area (Å²) in [5.41, 5.74) is 3.91. The highest BCUT2D eigenvalue weighted by molar-refractivity contribution is 5.83. The lowest BCUT2D eigenvalue weighted by Gasteiger charge is -2.33. The molecule has 4 rings (SSSR count). The van der Waals surface area contributed by atoms with Gasteiger partial charge in [-0.2, -0.15) is 0 Å². The maximum Gasteiger partial charge on any atom is 0.240 e. The van der Waals surface area contributed by atoms with E-state index in [1.807, 2.05) is 4.90 Å². The number of H-pyrrole nitrogens is 1. The van der Waals surface area contributed by atoms with Crippen LogP contribution in [0.15, 0.2) is 42.2 Å². The van der Waals surface area contributed by atoms with Gasteiger partial charge in [0.05, 0.1) is 6.54 Å². The zero-order valence-corrected chi connectivity index (χ0v) is 15.7. The second-order valence-corrected chi connectivity index (χ2v) is 7.57.